The van der Waals surface area contributed by atoms with Crippen LogP contribution in [0.5, 0.6) is 0 Å². The smallest absolute Gasteiger partial charge is 0.146 e. The second-order valence-corrected chi connectivity index (χ2v) is 4.64. The van der Waals surface area contributed by atoms with Crippen LogP contribution in [0.1, 0.15) is 5.56 Å². The first kappa shape index (κ1) is 13.6. The maximum Gasteiger partial charge on any atom is 0.146 e. The van der Waals surface area contributed by atoms with Gasteiger partial charge in [-0.25, -0.2) is 4.39 Å². The topological polar surface area (TPSA) is 29.3 Å². The summed E-state index contributed by atoms with van der Waals surface area (Å²) in [7, 11) is 1.89. The Hall–Kier alpha value is -1.87. The van der Waals surface area contributed by atoms with Crippen molar-refractivity contribution in [2.24, 2.45) is 5.73 Å². The molecule has 0 bridgehead atoms. The van der Waals surface area contributed by atoms with E-state index in [4.69, 9.17) is 5.73 Å². The van der Waals surface area contributed by atoms with Gasteiger partial charge in [-0.1, -0.05) is 42.5 Å². The zero-order valence-corrected chi connectivity index (χ0v) is 11.1. The van der Waals surface area contributed by atoms with Crippen molar-refractivity contribution in [3.05, 3.63) is 66.0 Å². The van der Waals surface area contributed by atoms with Gasteiger partial charge in [0.2, 0.25) is 0 Å². The molecule has 1 atom stereocenters. The van der Waals surface area contributed by atoms with Crippen molar-refractivity contribution in [1.29, 1.82) is 0 Å². The second kappa shape index (κ2) is 6.34. The van der Waals surface area contributed by atoms with Crippen molar-refractivity contribution < 1.29 is 4.39 Å². The van der Waals surface area contributed by atoms with Crippen molar-refractivity contribution in [3.63, 3.8) is 0 Å². The molecule has 2 N–H and O–H groups in total. The molecule has 19 heavy (non-hydrogen) atoms. The molecule has 0 amide bonds. The SMILES string of the molecule is CN(c1ccccc1F)C(CN)Cc1ccccc1. The van der Waals surface area contributed by atoms with Crippen molar-refractivity contribution >= 4 is 5.69 Å². The molecule has 2 rings (SSSR count). The van der Waals surface area contributed by atoms with Gasteiger partial charge in [0.15, 0.2) is 0 Å². The zero-order chi connectivity index (χ0) is 13.7. The van der Waals surface area contributed by atoms with E-state index in [-0.39, 0.29) is 11.9 Å². The van der Waals surface area contributed by atoms with E-state index in [0.29, 0.717) is 12.2 Å². The van der Waals surface area contributed by atoms with Crippen LogP contribution in [0.3, 0.4) is 0 Å². The summed E-state index contributed by atoms with van der Waals surface area (Å²) in [5, 5.41) is 0. The number of nitrogens with zero attached hydrogens (tertiary/aromatic N) is 1. The molecule has 0 saturated heterocycles. The van der Waals surface area contributed by atoms with Crippen LogP contribution in [0.25, 0.3) is 0 Å². The van der Waals surface area contributed by atoms with Gasteiger partial charge in [0, 0.05) is 19.6 Å². The number of para-hydroxylation sites is 1. The molecule has 0 aliphatic rings. The lowest BCUT2D eigenvalue weighted by Gasteiger charge is -2.29. The summed E-state index contributed by atoms with van der Waals surface area (Å²) in [6.45, 7) is 0.486. The molecule has 2 aromatic rings. The van der Waals surface area contributed by atoms with Gasteiger partial charge in [0.25, 0.3) is 0 Å². The first-order valence-corrected chi connectivity index (χ1v) is 6.43. The minimum Gasteiger partial charge on any atom is -0.368 e. The van der Waals surface area contributed by atoms with Gasteiger partial charge in [0.05, 0.1) is 5.69 Å². The van der Waals surface area contributed by atoms with Gasteiger partial charge in [-0.2, -0.15) is 0 Å². The normalized spacial score (nSPS) is 12.2. The highest BCUT2D eigenvalue weighted by Gasteiger charge is 2.16. The van der Waals surface area contributed by atoms with E-state index in [2.05, 4.69) is 12.1 Å². The van der Waals surface area contributed by atoms with Crippen molar-refractivity contribution in [2.75, 3.05) is 18.5 Å². The van der Waals surface area contributed by atoms with E-state index < -0.39 is 0 Å². The average Bonchev–Trinajstić information content (AvgIpc) is 2.46. The fourth-order valence-electron chi connectivity index (χ4n) is 2.20. The van der Waals surface area contributed by atoms with Crippen LogP contribution < -0.4 is 10.6 Å². The quantitative estimate of drug-likeness (QED) is 0.893. The Morgan fingerprint density at radius 3 is 2.32 bits per heavy atom. The van der Waals surface area contributed by atoms with E-state index in [1.807, 2.05) is 36.2 Å². The number of likely N-dealkylation sites (N-methyl/N-ethyl adjacent to an activating group) is 1. The van der Waals surface area contributed by atoms with E-state index in [1.54, 1.807) is 12.1 Å². The zero-order valence-electron chi connectivity index (χ0n) is 11.1. The van der Waals surface area contributed by atoms with Crippen LogP contribution in [-0.2, 0) is 6.42 Å². The van der Waals surface area contributed by atoms with Crippen LogP contribution in [-0.4, -0.2) is 19.6 Å². The van der Waals surface area contributed by atoms with Gasteiger partial charge in [-0.15, -0.1) is 0 Å². The van der Waals surface area contributed by atoms with Crippen LogP contribution in [0.2, 0.25) is 0 Å². The first-order chi connectivity index (χ1) is 9.22. The molecule has 0 aliphatic carbocycles. The van der Waals surface area contributed by atoms with Crippen molar-refractivity contribution in [3.8, 4) is 0 Å². The van der Waals surface area contributed by atoms with Gasteiger partial charge >= 0.3 is 0 Å². The Balaban J connectivity index is 2.16. The summed E-state index contributed by atoms with van der Waals surface area (Å²) in [4.78, 5) is 1.92. The van der Waals surface area contributed by atoms with Gasteiger partial charge in [-0.3, -0.25) is 0 Å². The molecular formula is C16H19FN2. The third-order valence-electron chi connectivity index (χ3n) is 3.37. The Bertz CT molecular complexity index is 513. The highest BCUT2D eigenvalue weighted by molar-refractivity contribution is 5.48. The second-order valence-electron chi connectivity index (χ2n) is 4.64. The maximum absolute atomic E-state index is 13.8. The third kappa shape index (κ3) is 3.32. The van der Waals surface area contributed by atoms with Crippen LogP contribution in [0.4, 0.5) is 10.1 Å². The molecule has 0 fully saturated rings. The van der Waals surface area contributed by atoms with Crippen molar-refractivity contribution in [1.82, 2.24) is 0 Å². The summed E-state index contributed by atoms with van der Waals surface area (Å²) in [5.74, 6) is -0.212. The number of rotatable bonds is 5. The Morgan fingerprint density at radius 2 is 1.68 bits per heavy atom. The largest absolute Gasteiger partial charge is 0.368 e. The lowest BCUT2D eigenvalue weighted by Crippen LogP contribution is -2.40. The van der Waals surface area contributed by atoms with Crippen LogP contribution in [0, 0.1) is 5.82 Å². The van der Waals surface area contributed by atoms with Gasteiger partial charge in [-0.05, 0) is 24.1 Å². The minimum atomic E-state index is -0.212. The minimum absolute atomic E-state index is 0.0827. The molecule has 0 aromatic heterocycles. The molecule has 100 valence electrons. The summed E-state index contributed by atoms with van der Waals surface area (Å²) in [6.07, 6.45) is 0.808. The summed E-state index contributed by atoms with van der Waals surface area (Å²) >= 11 is 0. The van der Waals surface area contributed by atoms with Crippen molar-refractivity contribution in [2.45, 2.75) is 12.5 Å². The number of halogens is 1. The number of nitrogens with two attached hydrogens (primary N) is 1. The predicted molar refractivity (Wildman–Crippen MR) is 77.8 cm³/mol. The summed E-state index contributed by atoms with van der Waals surface area (Å²) in [6, 6.07) is 17.0. The number of benzene rings is 2. The fraction of sp³-hybridized carbons (Fsp3) is 0.250. The Morgan fingerprint density at radius 1 is 1.05 bits per heavy atom. The molecule has 0 saturated carbocycles. The molecular weight excluding hydrogens is 239 g/mol. The number of anilines is 1. The monoisotopic (exact) mass is 258 g/mol. The molecule has 0 heterocycles. The lowest BCUT2D eigenvalue weighted by atomic mass is 10.0. The van der Waals surface area contributed by atoms with Crippen LogP contribution in [0.15, 0.2) is 54.6 Å². The van der Waals surface area contributed by atoms with Crippen LogP contribution >= 0.6 is 0 Å². The average molecular weight is 258 g/mol. The van der Waals surface area contributed by atoms with E-state index in [0.717, 1.165) is 6.42 Å². The fourth-order valence-corrected chi connectivity index (χ4v) is 2.20. The highest BCUT2D eigenvalue weighted by atomic mass is 19.1. The number of hydrogen-bond donors (Lipinski definition) is 1. The molecule has 0 spiro atoms. The standard InChI is InChI=1S/C16H19FN2/c1-19(16-10-6-5-9-15(16)17)14(12-18)11-13-7-3-2-4-8-13/h2-10,14H,11-12,18H2,1H3. The number of hydrogen-bond acceptors (Lipinski definition) is 2. The Labute approximate surface area is 113 Å². The lowest BCUT2D eigenvalue weighted by molar-refractivity contribution is 0.589. The predicted octanol–water partition coefficient (Wildman–Crippen LogP) is 2.83. The molecule has 3 heteroatoms. The summed E-state index contributed by atoms with van der Waals surface area (Å²) in [5.41, 5.74) is 7.65. The van der Waals surface area contributed by atoms with Gasteiger partial charge < -0.3 is 10.6 Å². The van der Waals surface area contributed by atoms with Gasteiger partial charge in [0.1, 0.15) is 5.82 Å². The molecule has 2 aromatic carbocycles. The molecule has 0 radical (unpaired) electrons. The molecule has 2 nitrogen and oxygen atoms in total. The van der Waals surface area contributed by atoms with E-state index >= 15 is 0 Å². The first-order valence-electron chi connectivity index (χ1n) is 6.43. The van der Waals surface area contributed by atoms with E-state index in [1.165, 1.54) is 11.6 Å². The Kier molecular flexibility index (Phi) is 4.53. The van der Waals surface area contributed by atoms with E-state index in [9.17, 15) is 4.39 Å². The molecule has 0 aliphatic heterocycles. The molecule has 1 unspecified atom stereocenters. The summed E-state index contributed by atoms with van der Waals surface area (Å²) < 4.78 is 13.8. The highest BCUT2D eigenvalue weighted by Crippen LogP contribution is 2.20. The maximum atomic E-state index is 13.8. The third-order valence-corrected chi connectivity index (χ3v) is 3.37.